The van der Waals surface area contributed by atoms with Gasteiger partial charge in [-0.2, -0.15) is 0 Å². The lowest BCUT2D eigenvalue weighted by atomic mass is 9.90. The molecule has 0 aromatic rings. The van der Waals surface area contributed by atoms with Gasteiger partial charge in [0.2, 0.25) is 6.54 Å². The van der Waals surface area contributed by atoms with Crippen LogP contribution in [-0.2, 0) is 14.0 Å². The molecule has 0 saturated heterocycles. The second kappa shape index (κ2) is 8.21. The van der Waals surface area contributed by atoms with Gasteiger partial charge in [-0.15, -0.1) is 0 Å². The van der Waals surface area contributed by atoms with Gasteiger partial charge in [-0.1, -0.05) is 32.9 Å². The maximum Gasteiger partial charge on any atom is 0.306 e. The quantitative estimate of drug-likeness (QED) is 0.237. The molecule has 0 unspecified atom stereocenters. The molecule has 1 aliphatic carbocycles. The van der Waals surface area contributed by atoms with Gasteiger partial charge < -0.3 is 9.16 Å². The molecule has 1 saturated carbocycles. The third-order valence-electron chi connectivity index (χ3n) is 6.19. The molecular formula is C19H33NO5Si. The molecule has 0 aromatic heterocycles. The molecule has 7 heteroatoms. The summed E-state index contributed by atoms with van der Waals surface area (Å²) in [6.45, 7) is 10.7. The number of esters is 1. The monoisotopic (exact) mass is 383 g/mol. The summed E-state index contributed by atoms with van der Waals surface area (Å²) < 4.78 is 12.3. The maximum atomic E-state index is 12.1. The van der Waals surface area contributed by atoms with Crippen LogP contribution in [0.5, 0.6) is 0 Å². The van der Waals surface area contributed by atoms with Crippen molar-refractivity contribution >= 4 is 14.3 Å². The average molecular weight is 384 g/mol. The highest BCUT2D eigenvalue weighted by Crippen LogP contribution is 2.44. The summed E-state index contributed by atoms with van der Waals surface area (Å²) in [5.74, 6) is -0.461. The first-order valence-electron chi connectivity index (χ1n) is 9.65. The number of allylic oxidation sites excluding steroid dienone is 2. The Bertz CT molecular complexity index is 555. The Balaban J connectivity index is 2.27. The minimum atomic E-state index is -2.07. The van der Waals surface area contributed by atoms with E-state index in [1.165, 1.54) is 0 Å². The number of hydrogen-bond acceptors (Lipinski definition) is 5. The average Bonchev–Trinajstić information content (AvgIpc) is 2.78. The fourth-order valence-electron chi connectivity index (χ4n) is 3.67. The van der Waals surface area contributed by atoms with E-state index in [1.807, 2.05) is 0 Å². The Morgan fingerprint density at radius 1 is 1.35 bits per heavy atom. The Morgan fingerprint density at radius 2 is 2.04 bits per heavy atom. The largest absolute Gasteiger partial charge is 0.462 e. The van der Waals surface area contributed by atoms with Gasteiger partial charge in [0.15, 0.2) is 8.32 Å². The second-order valence-electron chi connectivity index (χ2n) is 9.12. The first-order chi connectivity index (χ1) is 12.0. The molecule has 2 rings (SSSR count). The molecule has 1 aliphatic heterocycles. The van der Waals surface area contributed by atoms with E-state index in [0.29, 0.717) is 19.3 Å². The molecule has 0 bridgehead atoms. The molecule has 4 atom stereocenters. The molecule has 0 aromatic carbocycles. The van der Waals surface area contributed by atoms with E-state index in [-0.39, 0.29) is 46.5 Å². The van der Waals surface area contributed by atoms with Gasteiger partial charge in [0.1, 0.15) is 6.10 Å². The fourth-order valence-corrected chi connectivity index (χ4v) is 5.05. The Morgan fingerprint density at radius 3 is 2.65 bits per heavy atom. The Kier molecular flexibility index (Phi) is 6.66. The first kappa shape index (κ1) is 21.1. The van der Waals surface area contributed by atoms with Gasteiger partial charge >= 0.3 is 5.97 Å². The summed E-state index contributed by atoms with van der Waals surface area (Å²) in [5.41, 5.74) is 0. The van der Waals surface area contributed by atoms with E-state index in [1.54, 1.807) is 0 Å². The molecule has 6 nitrogen and oxygen atoms in total. The van der Waals surface area contributed by atoms with E-state index in [9.17, 15) is 14.9 Å². The van der Waals surface area contributed by atoms with E-state index in [4.69, 9.17) is 9.16 Å². The lowest BCUT2D eigenvalue weighted by molar-refractivity contribution is -0.491. The van der Waals surface area contributed by atoms with E-state index >= 15 is 0 Å². The standard InChI is InChI=1S/C19H33NO5Si/c1-19(2,3)26(4,5)25-17-12-16-14(15(17)13-20(22)23)10-8-6-7-9-11-18(21)24-16/h6,8,14-17H,7,9-13H2,1-5H3/b8-6-/t14-,15-,16+,17-/m1/s1. The predicted molar refractivity (Wildman–Crippen MR) is 103 cm³/mol. The normalized spacial score (nSPS) is 31.8. The zero-order valence-corrected chi connectivity index (χ0v) is 17.7. The van der Waals surface area contributed by atoms with Gasteiger partial charge in [-0.3, -0.25) is 14.9 Å². The van der Waals surface area contributed by atoms with Crippen LogP contribution in [0.2, 0.25) is 18.1 Å². The van der Waals surface area contributed by atoms with Crippen molar-refractivity contribution in [3.8, 4) is 0 Å². The molecule has 2 aliphatic rings. The second-order valence-corrected chi connectivity index (χ2v) is 13.9. The maximum absolute atomic E-state index is 12.1. The predicted octanol–water partition coefficient (Wildman–Crippen LogP) is 4.33. The zero-order chi connectivity index (χ0) is 19.5. The summed E-state index contributed by atoms with van der Waals surface area (Å²) in [6, 6.07) is 0. The number of rotatable bonds is 4. The number of nitro groups is 1. The molecule has 0 N–H and O–H groups in total. The summed E-state index contributed by atoms with van der Waals surface area (Å²) in [7, 11) is -2.07. The van der Waals surface area contributed by atoms with Crippen LogP contribution in [0.4, 0.5) is 0 Å². The van der Waals surface area contributed by atoms with Crippen molar-refractivity contribution in [1.29, 1.82) is 0 Å². The summed E-state index contributed by atoms with van der Waals surface area (Å²) in [4.78, 5) is 23.2. The SMILES string of the molecule is CC(C)(C)[Si](C)(C)O[C@@H]1C[C@@H]2OC(=O)CCC/C=C\C[C@@H]2[C@H]1C[N+](=O)[O-]. The van der Waals surface area contributed by atoms with Crippen molar-refractivity contribution in [2.75, 3.05) is 6.54 Å². The highest BCUT2D eigenvalue weighted by Gasteiger charge is 2.51. The van der Waals surface area contributed by atoms with Crippen molar-refractivity contribution < 1.29 is 18.9 Å². The highest BCUT2D eigenvalue weighted by atomic mass is 28.4. The van der Waals surface area contributed by atoms with Gasteiger partial charge in [0, 0.05) is 23.7 Å². The van der Waals surface area contributed by atoms with Crippen LogP contribution in [0.3, 0.4) is 0 Å². The van der Waals surface area contributed by atoms with Gasteiger partial charge in [0.25, 0.3) is 0 Å². The minimum Gasteiger partial charge on any atom is -0.462 e. The van der Waals surface area contributed by atoms with Crippen LogP contribution in [0.15, 0.2) is 12.2 Å². The number of ether oxygens (including phenoxy) is 1. The van der Waals surface area contributed by atoms with Crippen molar-refractivity contribution in [2.24, 2.45) is 11.8 Å². The molecular weight excluding hydrogens is 350 g/mol. The third kappa shape index (κ3) is 5.16. The smallest absolute Gasteiger partial charge is 0.306 e. The molecule has 0 amide bonds. The summed E-state index contributed by atoms with van der Waals surface area (Å²) in [6.07, 6.45) is 6.97. The molecule has 26 heavy (non-hydrogen) atoms. The number of carbonyl (C=O) groups is 1. The van der Waals surface area contributed by atoms with E-state index in [0.717, 1.165) is 12.8 Å². The van der Waals surface area contributed by atoms with E-state index < -0.39 is 8.32 Å². The van der Waals surface area contributed by atoms with Crippen molar-refractivity contribution in [2.45, 2.75) is 83.2 Å². The van der Waals surface area contributed by atoms with Crippen molar-refractivity contribution in [3.63, 3.8) is 0 Å². The van der Waals surface area contributed by atoms with Crippen molar-refractivity contribution in [3.05, 3.63) is 22.3 Å². The number of carbonyl (C=O) groups excluding carboxylic acids is 1. The van der Waals surface area contributed by atoms with Crippen LogP contribution < -0.4 is 0 Å². The topological polar surface area (TPSA) is 78.7 Å². The summed E-state index contributed by atoms with van der Waals surface area (Å²) >= 11 is 0. The third-order valence-corrected chi connectivity index (χ3v) is 10.7. The lowest BCUT2D eigenvalue weighted by Gasteiger charge is -2.39. The van der Waals surface area contributed by atoms with Crippen LogP contribution in [-0.4, -0.2) is 38.0 Å². The summed E-state index contributed by atoms with van der Waals surface area (Å²) in [5, 5.41) is 11.3. The van der Waals surface area contributed by atoms with Crippen LogP contribution in [0.1, 0.15) is 52.9 Å². The minimum absolute atomic E-state index is 0.0270. The molecule has 0 spiro atoms. The first-order valence-corrected chi connectivity index (χ1v) is 12.6. The van der Waals surface area contributed by atoms with E-state index in [2.05, 4.69) is 46.0 Å². The Hall–Kier alpha value is -1.21. The van der Waals surface area contributed by atoms with Crippen molar-refractivity contribution in [1.82, 2.24) is 0 Å². The fraction of sp³-hybridized carbons (Fsp3) is 0.842. The highest BCUT2D eigenvalue weighted by molar-refractivity contribution is 6.74. The van der Waals surface area contributed by atoms with Crippen LogP contribution in [0.25, 0.3) is 0 Å². The number of hydrogen-bond donors (Lipinski definition) is 0. The molecule has 1 fully saturated rings. The van der Waals surface area contributed by atoms with Gasteiger partial charge in [-0.05, 0) is 37.4 Å². The zero-order valence-electron chi connectivity index (χ0n) is 16.7. The number of fused-ring (bicyclic) bond motifs is 1. The molecule has 148 valence electrons. The lowest BCUT2D eigenvalue weighted by Crippen LogP contribution is -2.46. The molecule has 0 radical (unpaired) electrons. The Labute approximate surface area is 157 Å². The van der Waals surface area contributed by atoms with Gasteiger partial charge in [0.05, 0.1) is 12.0 Å². The van der Waals surface area contributed by atoms with Crippen LogP contribution >= 0.6 is 0 Å². The number of nitrogens with zero attached hydrogens (tertiary/aromatic N) is 1. The van der Waals surface area contributed by atoms with Crippen LogP contribution in [0, 0.1) is 22.0 Å². The molecule has 1 heterocycles. The van der Waals surface area contributed by atoms with Gasteiger partial charge in [-0.25, -0.2) is 0 Å².